The van der Waals surface area contributed by atoms with Crippen molar-refractivity contribution < 1.29 is 33.5 Å². The molecule has 0 spiro atoms. The lowest BCUT2D eigenvalue weighted by atomic mass is 9.93. The molecule has 2 heterocycles. The minimum absolute atomic E-state index is 0.0284. The zero-order chi connectivity index (χ0) is 36.6. The zero-order valence-electron chi connectivity index (χ0n) is 29.5. The summed E-state index contributed by atoms with van der Waals surface area (Å²) in [5, 5.41) is 11.2. The summed E-state index contributed by atoms with van der Waals surface area (Å²) in [5.74, 6) is -2.45. The van der Waals surface area contributed by atoms with Crippen LogP contribution in [0.15, 0.2) is 36.8 Å². The Hall–Kier alpha value is -4.69. The second-order valence-corrected chi connectivity index (χ2v) is 13.5. The average molecular weight is 690 g/mol. The molecule has 5 atom stereocenters. The van der Waals surface area contributed by atoms with Gasteiger partial charge in [-0.2, -0.15) is 0 Å². The van der Waals surface area contributed by atoms with Crippen LogP contribution in [-0.4, -0.2) is 101 Å². The fourth-order valence-corrected chi connectivity index (χ4v) is 6.87. The van der Waals surface area contributed by atoms with Gasteiger partial charge in [0.2, 0.25) is 31.5 Å². The number of benzene rings is 1. The van der Waals surface area contributed by atoms with Crippen molar-refractivity contribution in [2.45, 2.75) is 102 Å². The van der Waals surface area contributed by atoms with Gasteiger partial charge in [-0.1, -0.05) is 38.8 Å². The largest absolute Gasteiger partial charge is 0.497 e. The number of Topliss-reactive ketones (excluding diaryl/α,β-unsaturated/α-hetero) is 1. The molecule has 5 amide bonds. The van der Waals surface area contributed by atoms with Crippen molar-refractivity contribution in [3.05, 3.63) is 48.0 Å². The second kappa shape index (κ2) is 16.8. The molecule has 14 nitrogen and oxygen atoms in total. The van der Waals surface area contributed by atoms with Gasteiger partial charge in [-0.25, -0.2) is 4.98 Å². The van der Waals surface area contributed by atoms with Crippen LogP contribution in [0.4, 0.5) is 4.79 Å². The standard InChI is InChI=1S/C35H48BN7O7/c1-6-26(22(3)44)38-30(45)27(16-23-9-11-25(50-5)12-10-23)39-33(48)35(13-7-8-14-35)41-31(46)29-15-21(2)19-43(29)32(47)28(40-34(36)49)17-24-18-37-20-42(24)4/h9-12,18,20-21,26-29H,6-8,13-17,19H2,1-5H3,(H,38,45)(H,39,48)(H,40,49)(H,41,46)/t21-,26+,27?,28+,29+/m1/s1. The number of ketones is 1. The molecule has 1 aromatic carbocycles. The van der Waals surface area contributed by atoms with Crippen LogP contribution in [0.3, 0.4) is 0 Å². The quantitative estimate of drug-likeness (QED) is 0.201. The van der Waals surface area contributed by atoms with Crippen molar-refractivity contribution >= 4 is 43.1 Å². The summed E-state index contributed by atoms with van der Waals surface area (Å²) in [5.41, 5.74) is 0.125. The van der Waals surface area contributed by atoms with Crippen molar-refractivity contribution in [3.8, 4) is 5.75 Å². The molecule has 0 bridgehead atoms. The molecule has 2 aliphatic rings. The summed E-state index contributed by atoms with van der Waals surface area (Å²) < 4.78 is 6.98. The number of carbonyl (C=O) groups excluding carboxylic acids is 6. The maximum absolute atomic E-state index is 14.2. The number of nitrogens with one attached hydrogen (secondary N) is 4. The molecule has 1 unspecified atom stereocenters. The zero-order valence-corrected chi connectivity index (χ0v) is 29.5. The molecule has 1 saturated heterocycles. The Morgan fingerprint density at radius 3 is 2.24 bits per heavy atom. The predicted molar refractivity (Wildman–Crippen MR) is 185 cm³/mol. The first kappa shape index (κ1) is 38.1. The number of ether oxygens (including phenoxy) is 1. The Morgan fingerprint density at radius 2 is 1.68 bits per heavy atom. The fraction of sp³-hybridized carbons (Fsp3) is 0.571. The highest BCUT2D eigenvalue weighted by atomic mass is 16.5. The van der Waals surface area contributed by atoms with Gasteiger partial charge in [0.1, 0.15) is 29.4 Å². The van der Waals surface area contributed by atoms with Gasteiger partial charge in [0, 0.05) is 38.3 Å². The molecular formula is C35H48BN7O7. The molecule has 4 rings (SSSR count). The second-order valence-electron chi connectivity index (χ2n) is 13.5. The van der Waals surface area contributed by atoms with Crippen LogP contribution in [0.1, 0.15) is 70.6 Å². The number of imidazole rings is 1. The van der Waals surface area contributed by atoms with Crippen LogP contribution < -0.4 is 26.0 Å². The highest BCUT2D eigenvalue weighted by Crippen LogP contribution is 2.32. The highest BCUT2D eigenvalue weighted by Gasteiger charge is 2.48. The number of rotatable bonds is 15. The van der Waals surface area contributed by atoms with Crippen molar-refractivity contribution in [2.24, 2.45) is 13.0 Å². The Balaban J connectivity index is 1.55. The van der Waals surface area contributed by atoms with E-state index in [1.165, 1.54) is 11.8 Å². The third kappa shape index (κ3) is 9.30. The van der Waals surface area contributed by atoms with Crippen LogP contribution in [-0.2, 0) is 43.9 Å². The average Bonchev–Trinajstić information content (AvgIpc) is 3.83. The van der Waals surface area contributed by atoms with E-state index >= 15 is 0 Å². The number of nitrogens with zero attached hydrogens (tertiary/aromatic N) is 3. The van der Waals surface area contributed by atoms with Gasteiger partial charge in [0.25, 0.3) is 0 Å². The van der Waals surface area contributed by atoms with E-state index in [9.17, 15) is 28.8 Å². The van der Waals surface area contributed by atoms with E-state index in [2.05, 4.69) is 26.3 Å². The molecule has 15 heteroatoms. The molecule has 1 aromatic heterocycles. The lowest BCUT2D eigenvalue weighted by molar-refractivity contribution is -0.142. The van der Waals surface area contributed by atoms with Crippen molar-refractivity contribution in [3.63, 3.8) is 0 Å². The molecule has 268 valence electrons. The number of aryl methyl sites for hydroxylation is 1. The summed E-state index contributed by atoms with van der Waals surface area (Å²) >= 11 is 0. The summed E-state index contributed by atoms with van der Waals surface area (Å²) in [4.78, 5) is 85.4. The first-order valence-electron chi connectivity index (χ1n) is 17.1. The fourth-order valence-electron chi connectivity index (χ4n) is 6.87. The molecule has 1 aliphatic heterocycles. The van der Waals surface area contributed by atoms with Crippen LogP contribution in [0.25, 0.3) is 0 Å². The van der Waals surface area contributed by atoms with Crippen molar-refractivity contribution in [2.75, 3.05) is 13.7 Å². The SMILES string of the molecule is [B]C(=O)N[C@@H](Cc1cncn1C)C(=O)N1C[C@H](C)C[C@H]1C(=O)NC1(C(=O)NC(Cc2ccc(OC)cc2)C(=O)N[C@@H](CC)C(C)=O)CCCC1. The normalized spacial score (nSPS) is 19.9. The van der Waals surface area contributed by atoms with Gasteiger partial charge in [-0.15, -0.1) is 0 Å². The predicted octanol–water partition coefficient (Wildman–Crippen LogP) is 1.10. The Morgan fingerprint density at radius 1 is 1.00 bits per heavy atom. The van der Waals surface area contributed by atoms with Crippen molar-refractivity contribution in [1.82, 2.24) is 35.7 Å². The van der Waals surface area contributed by atoms with E-state index < -0.39 is 59.1 Å². The number of aromatic nitrogens is 2. The number of hydrogen-bond donors (Lipinski definition) is 4. The number of methoxy groups -OCH3 is 1. The van der Waals surface area contributed by atoms with E-state index in [-0.39, 0.29) is 31.1 Å². The van der Waals surface area contributed by atoms with Crippen LogP contribution in [0, 0.1) is 5.92 Å². The maximum Gasteiger partial charge on any atom is 0.246 e. The summed E-state index contributed by atoms with van der Waals surface area (Å²) in [6.45, 7) is 5.39. The van der Waals surface area contributed by atoms with Crippen LogP contribution in [0.5, 0.6) is 5.75 Å². The number of amides is 5. The van der Waals surface area contributed by atoms with Crippen LogP contribution in [0.2, 0.25) is 0 Å². The minimum atomic E-state index is -1.32. The number of likely N-dealkylation sites (tertiary alicyclic amines) is 1. The molecule has 50 heavy (non-hydrogen) atoms. The first-order chi connectivity index (χ1) is 23.8. The van der Waals surface area contributed by atoms with Crippen molar-refractivity contribution in [1.29, 1.82) is 0 Å². The molecule has 2 radical (unpaired) electrons. The van der Waals surface area contributed by atoms with E-state index in [4.69, 9.17) is 12.6 Å². The summed E-state index contributed by atoms with van der Waals surface area (Å²) in [6, 6.07) is 3.41. The molecule has 4 N–H and O–H groups in total. The number of carbonyl (C=O) groups is 6. The molecule has 1 aliphatic carbocycles. The summed E-state index contributed by atoms with van der Waals surface area (Å²) in [7, 11) is 8.75. The first-order valence-corrected chi connectivity index (χ1v) is 17.1. The lowest BCUT2D eigenvalue weighted by Gasteiger charge is -2.34. The molecule has 2 fully saturated rings. The smallest absolute Gasteiger partial charge is 0.246 e. The van der Waals surface area contributed by atoms with E-state index in [0.29, 0.717) is 50.0 Å². The molecule has 1 saturated carbocycles. The molecular weight excluding hydrogens is 641 g/mol. The number of hydrogen-bond acceptors (Lipinski definition) is 8. The summed E-state index contributed by atoms with van der Waals surface area (Å²) in [6.07, 6.45) is 6.19. The highest BCUT2D eigenvalue weighted by molar-refractivity contribution is 6.57. The Labute approximate surface area is 294 Å². The van der Waals surface area contributed by atoms with E-state index in [1.54, 1.807) is 62.4 Å². The van der Waals surface area contributed by atoms with E-state index in [1.807, 2.05) is 6.92 Å². The maximum atomic E-state index is 14.2. The Bertz CT molecular complexity index is 1560. The minimum Gasteiger partial charge on any atom is -0.497 e. The van der Waals surface area contributed by atoms with Gasteiger partial charge in [0.15, 0.2) is 11.6 Å². The van der Waals surface area contributed by atoms with E-state index in [0.717, 1.165) is 5.56 Å². The Kier molecular flexibility index (Phi) is 12.8. The van der Waals surface area contributed by atoms with Gasteiger partial charge < -0.3 is 35.5 Å². The third-order valence-electron chi connectivity index (χ3n) is 9.73. The van der Waals surface area contributed by atoms with Gasteiger partial charge in [0.05, 0.1) is 19.5 Å². The van der Waals surface area contributed by atoms with Gasteiger partial charge in [-0.05, 0) is 56.2 Å². The monoisotopic (exact) mass is 689 g/mol. The third-order valence-corrected chi connectivity index (χ3v) is 9.73. The lowest BCUT2D eigenvalue weighted by Crippen LogP contribution is -2.64. The van der Waals surface area contributed by atoms with Gasteiger partial charge >= 0.3 is 0 Å². The molecule has 2 aromatic rings. The topological polar surface area (TPSA) is 181 Å². The van der Waals surface area contributed by atoms with Gasteiger partial charge in [-0.3, -0.25) is 28.8 Å². The van der Waals surface area contributed by atoms with Crippen LogP contribution >= 0.6 is 0 Å².